The number of ether oxygens (including phenoxy) is 2. The van der Waals surface area contributed by atoms with Gasteiger partial charge in [0, 0.05) is 48.8 Å². The molecule has 3 N–H and O–H groups in total. The molecule has 44 heavy (non-hydrogen) atoms. The molecule has 0 radical (unpaired) electrons. The number of aromatic nitrogens is 2. The molecule has 3 aromatic rings. The molecule has 4 saturated carbocycles. The van der Waals surface area contributed by atoms with Crippen LogP contribution in [0.3, 0.4) is 0 Å². The second-order valence-electron chi connectivity index (χ2n) is 13.7. The zero-order valence-corrected chi connectivity index (χ0v) is 26.5. The van der Waals surface area contributed by atoms with Crippen molar-refractivity contribution in [2.24, 2.45) is 30.7 Å². The van der Waals surface area contributed by atoms with Gasteiger partial charge in [0.05, 0.1) is 18.8 Å². The maximum absolute atomic E-state index is 13.0. The third-order valence-corrected chi connectivity index (χ3v) is 11.5. The van der Waals surface area contributed by atoms with Crippen molar-refractivity contribution in [2.45, 2.75) is 87.8 Å². The van der Waals surface area contributed by atoms with E-state index in [1.54, 1.807) is 11.8 Å². The van der Waals surface area contributed by atoms with Crippen LogP contribution in [0.25, 0.3) is 0 Å². The van der Waals surface area contributed by atoms with Crippen LogP contribution in [-0.4, -0.2) is 38.1 Å². The summed E-state index contributed by atoms with van der Waals surface area (Å²) in [4.78, 5) is 17.4. The Labute approximate surface area is 264 Å². The number of aliphatic hydroxyl groups excluding tert-OH is 1. The van der Waals surface area contributed by atoms with Crippen LogP contribution in [0.2, 0.25) is 0 Å². The largest absolute Gasteiger partial charge is 0.392 e. The number of nitrogens with one attached hydrogen (secondary N) is 2. The van der Waals surface area contributed by atoms with E-state index in [2.05, 4.69) is 22.5 Å². The van der Waals surface area contributed by atoms with Crippen LogP contribution in [0.5, 0.6) is 0 Å². The van der Waals surface area contributed by atoms with Gasteiger partial charge in [-0.25, -0.2) is 9.78 Å². The van der Waals surface area contributed by atoms with Gasteiger partial charge in [-0.1, -0.05) is 67.2 Å². The summed E-state index contributed by atoms with van der Waals surface area (Å²) in [7, 11) is 2.00. The van der Waals surface area contributed by atoms with Crippen molar-refractivity contribution in [2.75, 3.05) is 5.75 Å². The van der Waals surface area contributed by atoms with Gasteiger partial charge in [-0.2, -0.15) is 0 Å². The number of aliphatic hydroxyl groups is 1. The molecule has 1 aliphatic heterocycles. The number of amides is 2. The molecule has 4 bridgehead atoms. The van der Waals surface area contributed by atoms with Gasteiger partial charge < -0.3 is 29.8 Å². The number of benzene rings is 2. The van der Waals surface area contributed by atoms with Crippen LogP contribution in [0.4, 0.5) is 4.79 Å². The monoisotopic (exact) mass is 616 g/mol. The maximum atomic E-state index is 13.0. The highest BCUT2D eigenvalue weighted by Crippen LogP contribution is 2.55. The molecular weight excluding hydrogens is 572 g/mol. The average molecular weight is 617 g/mol. The minimum absolute atomic E-state index is 0.00949. The van der Waals surface area contributed by atoms with Crippen molar-refractivity contribution >= 4 is 17.8 Å². The zero-order valence-electron chi connectivity index (χ0n) is 25.7. The molecule has 5 aliphatic rings. The fourth-order valence-corrected chi connectivity index (χ4v) is 9.58. The van der Waals surface area contributed by atoms with Gasteiger partial charge in [-0.3, -0.25) is 0 Å². The number of rotatable bonds is 9. The Balaban J connectivity index is 1.00. The summed E-state index contributed by atoms with van der Waals surface area (Å²) in [6, 6.07) is 16.1. The second-order valence-corrected chi connectivity index (χ2v) is 14.7. The average Bonchev–Trinajstić information content (AvgIpc) is 3.43. The van der Waals surface area contributed by atoms with Crippen molar-refractivity contribution in [3.05, 3.63) is 83.2 Å². The van der Waals surface area contributed by atoms with Crippen molar-refractivity contribution in [3.8, 4) is 0 Å². The Morgan fingerprint density at radius 1 is 0.977 bits per heavy atom. The fraction of sp³-hybridized carbons (Fsp3) is 0.543. The third-order valence-electron chi connectivity index (χ3n) is 10.4. The van der Waals surface area contributed by atoms with Crippen molar-refractivity contribution in [3.63, 3.8) is 0 Å². The number of carbonyl (C=O) groups excluding carboxylic acids is 1. The summed E-state index contributed by atoms with van der Waals surface area (Å²) in [5, 5.41) is 17.0. The van der Waals surface area contributed by atoms with Crippen LogP contribution >= 0.6 is 11.8 Å². The Morgan fingerprint density at radius 2 is 1.61 bits per heavy atom. The number of imidazole rings is 1. The first-order valence-electron chi connectivity index (χ1n) is 16.1. The first kappa shape index (κ1) is 29.8. The molecule has 1 aromatic heterocycles. The minimum Gasteiger partial charge on any atom is -0.392 e. The van der Waals surface area contributed by atoms with Crippen LogP contribution in [-0.2, 0) is 29.7 Å². The van der Waals surface area contributed by atoms with E-state index >= 15 is 0 Å². The molecule has 8 nitrogen and oxygen atoms in total. The van der Waals surface area contributed by atoms with E-state index in [0.29, 0.717) is 6.54 Å². The lowest BCUT2D eigenvalue weighted by Gasteiger charge is -2.56. The summed E-state index contributed by atoms with van der Waals surface area (Å²) in [6.07, 6.45) is 10.5. The molecule has 9 heteroatoms. The molecule has 8 rings (SSSR count). The van der Waals surface area contributed by atoms with Gasteiger partial charge in [0.25, 0.3) is 0 Å². The second kappa shape index (κ2) is 12.5. The summed E-state index contributed by atoms with van der Waals surface area (Å²) in [5.41, 5.74) is 3.94. The zero-order chi connectivity index (χ0) is 30.3. The van der Waals surface area contributed by atoms with Crippen molar-refractivity contribution in [1.29, 1.82) is 0 Å². The molecule has 4 unspecified atom stereocenters. The molecule has 1 saturated heterocycles. The number of hydrogen-bond donors (Lipinski definition) is 3. The molecule has 2 aromatic carbocycles. The van der Waals surface area contributed by atoms with Crippen LogP contribution < -0.4 is 10.6 Å². The number of hydrogen-bond acceptors (Lipinski definition) is 6. The van der Waals surface area contributed by atoms with E-state index in [9.17, 15) is 9.90 Å². The lowest BCUT2D eigenvalue weighted by atomic mass is 9.53. The van der Waals surface area contributed by atoms with E-state index in [0.717, 1.165) is 70.2 Å². The Bertz CT molecular complexity index is 1410. The highest BCUT2D eigenvalue weighted by molar-refractivity contribution is 7.99. The number of nitrogens with zero attached hydrogens (tertiary/aromatic N) is 2. The van der Waals surface area contributed by atoms with Crippen molar-refractivity contribution in [1.82, 2.24) is 20.2 Å². The summed E-state index contributed by atoms with van der Waals surface area (Å²) in [6.45, 7) is 2.67. The van der Waals surface area contributed by atoms with Gasteiger partial charge in [-0.15, -0.1) is 0 Å². The molecule has 4 atom stereocenters. The van der Waals surface area contributed by atoms with Crippen molar-refractivity contribution < 1.29 is 19.4 Å². The lowest BCUT2D eigenvalue weighted by molar-refractivity contribution is -0.268. The predicted octanol–water partition coefficient (Wildman–Crippen LogP) is 6.26. The SMILES string of the molecule is CC1C(CSc2nccn2C)OC(c2ccc(CNC(=O)NC34CC5CC(CC(C5)C3)C4)cc2)OC1c1ccc(CO)cc1. The van der Waals surface area contributed by atoms with Gasteiger partial charge in [-0.05, 0) is 73.0 Å². The van der Waals surface area contributed by atoms with E-state index in [-0.39, 0.29) is 36.3 Å². The molecule has 2 heterocycles. The highest BCUT2D eigenvalue weighted by atomic mass is 32.2. The predicted molar refractivity (Wildman–Crippen MR) is 170 cm³/mol. The summed E-state index contributed by atoms with van der Waals surface area (Å²) in [5.74, 6) is 3.25. The van der Waals surface area contributed by atoms with Gasteiger partial charge in [0.1, 0.15) is 0 Å². The quantitative estimate of drug-likeness (QED) is 0.246. The number of aryl methyl sites for hydroxylation is 1. The van der Waals surface area contributed by atoms with Gasteiger partial charge in [0.2, 0.25) is 0 Å². The first-order valence-corrected chi connectivity index (χ1v) is 17.1. The van der Waals surface area contributed by atoms with Gasteiger partial charge >= 0.3 is 6.03 Å². The van der Waals surface area contributed by atoms with E-state index in [1.165, 1.54) is 19.3 Å². The van der Waals surface area contributed by atoms with Crippen LogP contribution in [0, 0.1) is 23.7 Å². The summed E-state index contributed by atoms with van der Waals surface area (Å²) < 4.78 is 15.2. The molecule has 0 spiro atoms. The maximum Gasteiger partial charge on any atom is 0.315 e. The number of urea groups is 1. The van der Waals surface area contributed by atoms with E-state index in [4.69, 9.17) is 9.47 Å². The first-order chi connectivity index (χ1) is 21.4. The summed E-state index contributed by atoms with van der Waals surface area (Å²) >= 11 is 1.69. The molecule has 4 aliphatic carbocycles. The lowest BCUT2D eigenvalue weighted by Crippen LogP contribution is -2.61. The van der Waals surface area contributed by atoms with E-state index in [1.807, 2.05) is 72.5 Å². The van der Waals surface area contributed by atoms with Gasteiger partial charge in [0.15, 0.2) is 11.4 Å². The Kier molecular flexibility index (Phi) is 8.48. The van der Waals surface area contributed by atoms with Crippen LogP contribution in [0.15, 0.2) is 66.1 Å². The molecule has 2 amide bonds. The molecule has 234 valence electrons. The normalized spacial score (nSPS) is 32.5. The highest BCUT2D eigenvalue weighted by Gasteiger charge is 2.51. The topological polar surface area (TPSA) is 97.6 Å². The van der Waals surface area contributed by atoms with Crippen LogP contribution in [0.1, 0.15) is 80.1 Å². The molecule has 5 fully saturated rings. The van der Waals surface area contributed by atoms with E-state index < -0.39 is 6.29 Å². The minimum atomic E-state index is -0.526. The smallest absolute Gasteiger partial charge is 0.315 e. The Morgan fingerprint density at radius 3 is 2.23 bits per heavy atom. The fourth-order valence-electron chi connectivity index (χ4n) is 8.48. The number of carbonyl (C=O) groups is 1. The Hall–Kier alpha value is -2.85. The third kappa shape index (κ3) is 6.29. The molecular formula is C35H44N4O4S. The number of thioether (sulfide) groups is 1. The standard InChI is InChI=1S/C35H44N4O4S/c1-22-30(21-44-34-36-11-12-39(34)2)42-32(43-31(22)28-7-5-24(20-40)6-8-28)29-9-3-23(4-10-29)19-37-33(41)38-35-16-25-13-26(17-35)15-27(14-25)18-35/h3-12,22,25-27,30-32,40H,13-21H2,1-2H3,(H2,37,38,41).